The van der Waals surface area contributed by atoms with Crippen LogP contribution in [0.5, 0.6) is 5.75 Å². The number of hydrogen-bond acceptors (Lipinski definition) is 8. The molecule has 0 radical (unpaired) electrons. The van der Waals surface area contributed by atoms with Crippen molar-refractivity contribution in [2.45, 2.75) is 39.7 Å². The number of nitrogens with one attached hydrogen (secondary N) is 1. The summed E-state index contributed by atoms with van der Waals surface area (Å²) < 4.78 is 0. The molecule has 0 unspecified atom stereocenters. The Morgan fingerprint density at radius 2 is 2.00 bits per heavy atom. The van der Waals surface area contributed by atoms with Crippen molar-refractivity contribution in [3.8, 4) is 17.1 Å². The number of nitrogens with zero attached hydrogens (tertiary/aromatic N) is 8. The van der Waals surface area contributed by atoms with Gasteiger partial charge >= 0.3 is 6.03 Å². The van der Waals surface area contributed by atoms with Gasteiger partial charge in [0, 0.05) is 36.5 Å². The molecule has 0 aliphatic carbocycles. The summed E-state index contributed by atoms with van der Waals surface area (Å²) in [6, 6.07) is 6.91. The van der Waals surface area contributed by atoms with Crippen LogP contribution in [0.15, 0.2) is 43.1 Å². The minimum Gasteiger partial charge on any atom is -0.506 e. The van der Waals surface area contributed by atoms with E-state index < -0.39 is 0 Å². The van der Waals surface area contributed by atoms with E-state index in [1.54, 1.807) is 26.4 Å². The topological polar surface area (TPSA) is 142 Å². The Bertz CT molecular complexity index is 1690. The highest BCUT2D eigenvalue weighted by Crippen LogP contribution is 2.41. The van der Waals surface area contributed by atoms with E-state index >= 15 is 0 Å². The van der Waals surface area contributed by atoms with Crippen LogP contribution >= 0.6 is 11.6 Å². The first-order chi connectivity index (χ1) is 20.1. The molecule has 4 aromatic rings. The van der Waals surface area contributed by atoms with Crippen LogP contribution in [-0.2, 0) is 31.2 Å². The highest BCUT2D eigenvalue weighted by molar-refractivity contribution is 6.35. The molecule has 2 aromatic heterocycles. The number of benzene rings is 2. The molecule has 0 atom stereocenters. The van der Waals surface area contributed by atoms with E-state index in [1.807, 2.05) is 32.0 Å². The second kappa shape index (κ2) is 11.6. The number of phenols is 1. The number of aromatic hydroxyl groups is 1. The van der Waals surface area contributed by atoms with Crippen LogP contribution in [0.3, 0.4) is 0 Å². The molecule has 0 saturated carbocycles. The molecule has 1 aliphatic heterocycles. The Morgan fingerprint density at radius 3 is 2.71 bits per heavy atom. The number of urea groups is 1. The van der Waals surface area contributed by atoms with Crippen molar-refractivity contribution in [2.24, 2.45) is 7.05 Å². The molecule has 0 saturated heterocycles. The number of carbonyl (C=O) groups excluding carboxylic acids is 2. The second-order valence-electron chi connectivity index (χ2n) is 10.1. The molecule has 3 amide bonds. The summed E-state index contributed by atoms with van der Waals surface area (Å²) in [5.74, 6) is 1.19. The Labute approximate surface area is 247 Å². The van der Waals surface area contributed by atoms with Gasteiger partial charge in [0.15, 0.2) is 0 Å². The summed E-state index contributed by atoms with van der Waals surface area (Å²) in [6.45, 7) is 7.49. The maximum atomic E-state index is 13.4. The lowest BCUT2D eigenvalue weighted by Crippen LogP contribution is -2.46. The van der Waals surface area contributed by atoms with Gasteiger partial charge in [-0.15, -0.1) is 10.2 Å². The van der Waals surface area contributed by atoms with Crippen molar-refractivity contribution >= 4 is 40.7 Å². The molecule has 12 nitrogen and oxygen atoms in total. The van der Waals surface area contributed by atoms with Crippen LogP contribution < -0.4 is 15.1 Å². The van der Waals surface area contributed by atoms with Crippen LogP contribution in [0, 0.1) is 13.8 Å². The molecular weight excluding hydrogens is 558 g/mol. The average molecular weight is 588 g/mol. The number of anilines is 3. The van der Waals surface area contributed by atoms with E-state index in [1.165, 1.54) is 20.7 Å². The molecule has 0 fully saturated rings. The largest absolute Gasteiger partial charge is 0.506 e. The number of carbonyl (C=O) groups is 2. The monoisotopic (exact) mass is 587 g/mol. The average Bonchev–Trinajstić information content (AvgIpc) is 3.41. The number of hydrogen-bond donors (Lipinski definition) is 2. The first kappa shape index (κ1) is 28.7. The van der Waals surface area contributed by atoms with Gasteiger partial charge in [-0.1, -0.05) is 30.3 Å². The fourth-order valence-electron chi connectivity index (χ4n) is 4.88. The summed E-state index contributed by atoms with van der Waals surface area (Å²) in [5, 5.41) is 25.4. The predicted octanol–water partition coefficient (Wildman–Crippen LogP) is 4.52. The molecule has 0 bridgehead atoms. The van der Waals surface area contributed by atoms with Gasteiger partial charge in [-0.2, -0.15) is 4.80 Å². The minimum atomic E-state index is -0.322. The number of tetrazole rings is 1. The molecule has 5 rings (SSSR count). The smallest absolute Gasteiger partial charge is 0.330 e. The van der Waals surface area contributed by atoms with Gasteiger partial charge < -0.3 is 10.4 Å². The lowest BCUT2D eigenvalue weighted by molar-refractivity contribution is -0.111. The number of amides is 3. The van der Waals surface area contributed by atoms with Gasteiger partial charge in [0.2, 0.25) is 11.7 Å². The highest BCUT2D eigenvalue weighted by atomic mass is 35.5. The van der Waals surface area contributed by atoms with Gasteiger partial charge in [0.05, 0.1) is 19.3 Å². The second-order valence-corrected chi connectivity index (χ2v) is 10.5. The normalized spacial score (nSPS) is 12.8. The Balaban J connectivity index is 1.33. The number of fused-ring (bicyclic) bond motifs is 1. The van der Waals surface area contributed by atoms with E-state index in [-0.39, 0.29) is 29.3 Å². The summed E-state index contributed by atoms with van der Waals surface area (Å²) in [7, 11) is 3.34. The van der Waals surface area contributed by atoms with E-state index in [2.05, 4.69) is 32.3 Å². The van der Waals surface area contributed by atoms with E-state index in [4.69, 9.17) is 16.6 Å². The number of rotatable bonds is 8. The third-order valence-corrected chi connectivity index (χ3v) is 7.60. The molecule has 3 heterocycles. The summed E-state index contributed by atoms with van der Waals surface area (Å²) in [5.41, 5.74) is 5.16. The van der Waals surface area contributed by atoms with Crippen LogP contribution in [0.1, 0.15) is 34.5 Å². The number of phenolic OH excluding ortho intramolecular Hbond substituents is 1. The van der Waals surface area contributed by atoms with Crippen LogP contribution in [-0.4, -0.2) is 54.3 Å². The number of aryl methyl sites for hydroxylation is 4. The standard InChI is InChI=1S/C29H30ClN9O3/c1-6-24(41)32-21-13-19(27-34-36-38(5)35-27)11-10-18(21)8-7-9-23-31-14-20-15-39(29(42)37(4)28(20)33-23)26-17(3)16(2)12-22(40)25(26)30/h6,10-14,40H,1,7-9,15H2,2-5H3,(H,32,41). The van der Waals surface area contributed by atoms with E-state index in [0.717, 1.165) is 27.8 Å². The van der Waals surface area contributed by atoms with Crippen molar-refractivity contribution in [1.82, 2.24) is 30.2 Å². The summed E-state index contributed by atoms with van der Waals surface area (Å²) >= 11 is 6.43. The fraction of sp³-hybridized carbons (Fsp3) is 0.276. The van der Waals surface area contributed by atoms with Gasteiger partial charge in [-0.3, -0.25) is 14.6 Å². The van der Waals surface area contributed by atoms with Crippen molar-refractivity contribution in [3.05, 3.63) is 76.2 Å². The highest BCUT2D eigenvalue weighted by Gasteiger charge is 2.33. The summed E-state index contributed by atoms with van der Waals surface area (Å²) in [4.78, 5) is 39.2. The van der Waals surface area contributed by atoms with Crippen LogP contribution in [0.2, 0.25) is 5.02 Å². The van der Waals surface area contributed by atoms with Gasteiger partial charge in [0.1, 0.15) is 22.4 Å². The molecule has 42 heavy (non-hydrogen) atoms. The van der Waals surface area contributed by atoms with Crippen molar-refractivity contribution < 1.29 is 14.7 Å². The number of halogens is 1. The maximum absolute atomic E-state index is 13.4. The van der Waals surface area contributed by atoms with Crippen LogP contribution in [0.4, 0.5) is 22.0 Å². The van der Waals surface area contributed by atoms with Gasteiger partial charge in [0.25, 0.3) is 0 Å². The third kappa shape index (κ3) is 5.53. The Hall–Kier alpha value is -4.84. The third-order valence-electron chi connectivity index (χ3n) is 7.22. The van der Waals surface area contributed by atoms with Crippen molar-refractivity contribution in [2.75, 3.05) is 22.2 Å². The Kier molecular flexibility index (Phi) is 7.90. The lowest BCUT2D eigenvalue weighted by Gasteiger charge is -2.35. The molecule has 0 spiro atoms. The van der Waals surface area contributed by atoms with Crippen molar-refractivity contribution in [1.29, 1.82) is 0 Å². The van der Waals surface area contributed by atoms with E-state index in [9.17, 15) is 14.7 Å². The molecule has 13 heteroatoms. The fourth-order valence-corrected chi connectivity index (χ4v) is 5.18. The zero-order valence-corrected chi connectivity index (χ0v) is 24.5. The molecule has 2 N–H and O–H groups in total. The zero-order chi connectivity index (χ0) is 30.1. The van der Waals surface area contributed by atoms with Crippen molar-refractivity contribution in [3.63, 3.8) is 0 Å². The molecule has 2 aromatic carbocycles. The lowest BCUT2D eigenvalue weighted by atomic mass is 10.0. The zero-order valence-electron chi connectivity index (χ0n) is 23.7. The minimum absolute atomic E-state index is 0.0742. The molecular formula is C29H30ClN9O3. The van der Waals surface area contributed by atoms with E-state index in [0.29, 0.717) is 48.1 Å². The molecule has 216 valence electrons. The number of aromatic nitrogens is 6. The SMILES string of the molecule is C=CC(=O)Nc1cc(-c2nnn(C)n2)ccc1CCCc1ncc2c(n1)N(C)C(=O)N(c1c(C)c(C)cc(O)c1Cl)C2. The Morgan fingerprint density at radius 1 is 1.21 bits per heavy atom. The predicted molar refractivity (Wildman–Crippen MR) is 160 cm³/mol. The summed E-state index contributed by atoms with van der Waals surface area (Å²) in [6.07, 6.45) is 4.83. The van der Waals surface area contributed by atoms with Crippen LogP contribution in [0.25, 0.3) is 11.4 Å². The molecule has 1 aliphatic rings. The first-order valence-corrected chi connectivity index (χ1v) is 13.6. The first-order valence-electron chi connectivity index (χ1n) is 13.3. The van der Waals surface area contributed by atoms with Gasteiger partial charge in [-0.25, -0.2) is 14.8 Å². The maximum Gasteiger partial charge on any atom is 0.330 e. The van der Waals surface area contributed by atoms with Gasteiger partial charge in [-0.05, 0) is 66.8 Å². The quantitative estimate of drug-likeness (QED) is 0.287.